The van der Waals surface area contributed by atoms with E-state index < -0.39 is 5.97 Å². The third-order valence-corrected chi connectivity index (χ3v) is 4.92. The van der Waals surface area contributed by atoms with E-state index in [1.807, 2.05) is 30.3 Å². The second-order valence-corrected chi connectivity index (χ2v) is 6.81. The third kappa shape index (κ3) is 4.64. The lowest BCUT2D eigenvalue weighted by Gasteiger charge is -2.12. The Morgan fingerprint density at radius 3 is 2.50 bits per heavy atom. The van der Waals surface area contributed by atoms with Crippen molar-refractivity contribution in [3.05, 3.63) is 58.9 Å². The molecule has 0 fully saturated rings. The van der Waals surface area contributed by atoms with Crippen molar-refractivity contribution < 1.29 is 19.0 Å². The van der Waals surface area contributed by atoms with Crippen molar-refractivity contribution in [2.75, 3.05) is 26.6 Å². The maximum Gasteiger partial charge on any atom is 0.325 e. The van der Waals surface area contributed by atoms with E-state index in [1.54, 1.807) is 25.3 Å². The van der Waals surface area contributed by atoms with E-state index in [9.17, 15) is 9.59 Å². The number of carbonyl (C=O) groups excluding carboxylic acids is 1. The molecule has 0 saturated carbocycles. The number of benzene rings is 2. The molecule has 0 radical (unpaired) electrons. The second-order valence-electron chi connectivity index (χ2n) is 5.75. The molecule has 0 N–H and O–H groups in total. The first kappa shape index (κ1) is 19.8. The standard InChI is InChI=1S/C20H20N2O5S/c1-25-14-7-9-15(10-8-14)27-11-12-28-20-21-17-6-4-3-5-16(17)19(24)22(20)13-18(23)26-2/h3-10H,11-13H2,1-2H3. The Morgan fingerprint density at radius 1 is 1.07 bits per heavy atom. The van der Waals surface area contributed by atoms with Gasteiger partial charge in [0.1, 0.15) is 18.0 Å². The van der Waals surface area contributed by atoms with Gasteiger partial charge in [0, 0.05) is 5.75 Å². The third-order valence-electron chi connectivity index (χ3n) is 3.98. The van der Waals surface area contributed by atoms with Crippen molar-refractivity contribution in [1.82, 2.24) is 9.55 Å². The summed E-state index contributed by atoms with van der Waals surface area (Å²) in [6.07, 6.45) is 0. The molecule has 0 atom stereocenters. The van der Waals surface area contributed by atoms with Gasteiger partial charge in [0.05, 0.1) is 31.7 Å². The molecular weight excluding hydrogens is 380 g/mol. The normalized spacial score (nSPS) is 10.6. The van der Waals surface area contributed by atoms with Gasteiger partial charge in [-0.2, -0.15) is 0 Å². The number of thioether (sulfide) groups is 1. The highest BCUT2D eigenvalue weighted by Crippen LogP contribution is 2.20. The van der Waals surface area contributed by atoms with Gasteiger partial charge in [-0.1, -0.05) is 23.9 Å². The minimum absolute atomic E-state index is 0.186. The van der Waals surface area contributed by atoms with Crippen LogP contribution >= 0.6 is 11.8 Å². The summed E-state index contributed by atoms with van der Waals surface area (Å²) in [6, 6.07) is 14.3. The van der Waals surface area contributed by atoms with E-state index in [2.05, 4.69) is 4.98 Å². The zero-order valence-corrected chi connectivity index (χ0v) is 16.4. The zero-order chi connectivity index (χ0) is 19.9. The number of esters is 1. The first-order chi connectivity index (χ1) is 13.6. The fourth-order valence-corrected chi connectivity index (χ4v) is 3.37. The molecule has 0 unspecified atom stereocenters. The molecule has 0 aliphatic rings. The number of methoxy groups -OCH3 is 2. The quantitative estimate of drug-likeness (QED) is 0.249. The van der Waals surface area contributed by atoms with E-state index in [0.29, 0.717) is 28.4 Å². The molecule has 8 heteroatoms. The molecule has 2 aromatic carbocycles. The molecule has 0 aliphatic heterocycles. The van der Waals surface area contributed by atoms with Crippen LogP contribution in [-0.4, -0.2) is 42.1 Å². The fourth-order valence-electron chi connectivity index (χ4n) is 2.56. The molecule has 0 bridgehead atoms. The van der Waals surface area contributed by atoms with Gasteiger partial charge < -0.3 is 14.2 Å². The molecule has 146 valence electrons. The smallest absolute Gasteiger partial charge is 0.325 e. The highest BCUT2D eigenvalue weighted by molar-refractivity contribution is 7.99. The molecule has 7 nitrogen and oxygen atoms in total. The van der Waals surface area contributed by atoms with Crippen LogP contribution in [0.5, 0.6) is 11.5 Å². The predicted molar refractivity (Wildman–Crippen MR) is 107 cm³/mol. The molecule has 0 spiro atoms. The Morgan fingerprint density at radius 2 is 1.79 bits per heavy atom. The number of fused-ring (bicyclic) bond motifs is 1. The summed E-state index contributed by atoms with van der Waals surface area (Å²) < 4.78 is 16.9. The van der Waals surface area contributed by atoms with Crippen molar-refractivity contribution in [1.29, 1.82) is 0 Å². The van der Waals surface area contributed by atoms with Crippen LogP contribution in [0.25, 0.3) is 10.9 Å². The van der Waals surface area contributed by atoms with Crippen LogP contribution in [0.2, 0.25) is 0 Å². The highest BCUT2D eigenvalue weighted by atomic mass is 32.2. The predicted octanol–water partition coefficient (Wildman–Crippen LogP) is 2.75. The molecule has 0 amide bonds. The summed E-state index contributed by atoms with van der Waals surface area (Å²) in [5.41, 5.74) is 0.321. The van der Waals surface area contributed by atoms with Crippen LogP contribution in [0.3, 0.4) is 0 Å². The van der Waals surface area contributed by atoms with Crippen LogP contribution in [0.4, 0.5) is 0 Å². The van der Waals surface area contributed by atoms with E-state index in [-0.39, 0.29) is 12.1 Å². The van der Waals surface area contributed by atoms with Crippen LogP contribution < -0.4 is 15.0 Å². The van der Waals surface area contributed by atoms with Crippen LogP contribution in [0.15, 0.2) is 58.5 Å². The van der Waals surface area contributed by atoms with Gasteiger partial charge in [-0.3, -0.25) is 14.2 Å². The summed E-state index contributed by atoms with van der Waals surface area (Å²) in [5, 5.41) is 0.915. The van der Waals surface area contributed by atoms with Crippen molar-refractivity contribution in [2.24, 2.45) is 0 Å². The van der Waals surface area contributed by atoms with Crippen LogP contribution in [0, 0.1) is 0 Å². The Hall–Kier alpha value is -3.00. The van der Waals surface area contributed by atoms with Crippen LogP contribution in [-0.2, 0) is 16.1 Å². The van der Waals surface area contributed by atoms with Gasteiger partial charge in [0.15, 0.2) is 5.16 Å². The van der Waals surface area contributed by atoms with E-state index in [4.69, 9.17) is 14.2 Å². The van der Waals surface area contributed by atoms with Crippen molar-refractivity contribution in [2.45, 2.75) is 11.7 Å². The highest BCUT2D eigenvalue weighted by Gasteiger charge is 2.14. The van der Waals surface area contributed by atoms with Gasteiger partial charge in [-0.15, -0.1) is 0 Å². The van der Waals surface area contributed by atoms with Crippen molar-refractivity contribution in [3.63, 3.8) is 0 Å². The van der Waals surface area contributed by atoms with Crippen molar-refractivity contribution in [3.8, 4) is 11.5 Å². The number of ether oxygens (including phenoxy) is 3. The van der Waals surface area contributed by atoms with Gasteiger partial charge in [-0.25, -0.2) is 4.98 Å². The average molecular weight is 400 g/mol. The van der Waals surface area contributed by atoms with Crippen molar-refractivity contribution >= 4 is 28.6 Å². The number of nitrogens with zero attached hydrogens (tertiary/aromatic N) is 2. The van der Waals surface area contributed by atoms with Crippen LogP contribution in [0.1, 0.15) is 0 Å². The largest absolute Gasteiger partial charge is 0.497 e. The Labute approximate surface area is 166 Å². The SMILES string of the molecule is COC(=O)Cn1c(SCCOc2ccc(OC)cc2)nc2ccccc2c1=O. The molecule has 1 heterocycles. The number of hydrogen-bond donors (Lipinski definition) is 0. The topological polar surface area (TPSA) is 79.7 Å². The number of carbonyl (C=O) groups is 1. The Kier molecular flexibility index (Phi) is 6.54. The lowest BCUT2D eigenvalue weighted by molar-refractivity contribution is -0.141. The molecular formula is C20H20N2O5S. The lowest BCUT2D eigenvalue weighted by atomic mass is 10.2. The van der Waals surface area contributed by atoms with E-state index >= 15 is 0 Å². The molecule has 3 aromatic rings. The van der Waals surface area contributed by atoms with E-state index in [0.717, 1.165) is 11.5 Å². The van der Waals surface area contributed by atoms with Gasteiger partial charge in [-0.05, 0) is 36.4 Å². The fraction of sp³-hybridized carbons (Fsp3) is 0.250. The summed E-state index contributed by atoms with van der Waals surface area (Å²) in [5.74, 6) is 1.53. The van der Waals surface area contributed by atoms with Gasteiger partial charge in [0.2, 0.25) is 0 Å². The minimum Gasteiger partial charge on any atom is -0.497 e. The lowest BCUT2D eigenvalue weighted by Crippen LogP contribution is -2.27. The van der Waals surface area contributed by atoms with E-state index in [1.165, 1.54) is 23.4 Å². The summed E-state index contributed by atoms with van der Waals surface area (Å²) in [4.78, 5) is 29.0. The first-order valence-corrected chi connectivity index (χ1v) is 9.57. The number of aromatic nitrogens is 2. The monoisotopic (exact) mass is 400 g/mol. The number of para-hydroxylation sites is 1. The van der Waals surface area contributed by atoms with Gasteiger partial charge >= 0.3 is 5.97 Å². The summed E-state index contributed by atoms with van der Waals surface area (Å²) in [7, 11) is 2.90. The molecule has 0 saturated heterocycles. The summed E-state index contributed by atoms with van der Waals surface area (Å²) >= 11 is 1.35. The molecule has 0 aliphatic carbocycles. The zero-order valence-electron chi connectivity index (χ0n) is 15.6. The maximum absolute atomic E-state index is 12.8. The first-order valence-electron chi connectivity index (χ1n) is 8.58. The number of hydrogen-bond acceptors (Lipinski definition) is 7. The molecule has 28 heavy (non-hydrogen) atoms. The summed E-state index contributed by atoms with van der Waals surface area (Å²) in [6.45, 7) is 0.229. The molecule has 1 aromatic heterocycles. The Balaban J connectivity index is 1.74. The molecule has 3 rings (SSSR count). The minimum atomic E-state index is -0.504. The Bertz CT molecular complexity index is 1020. The second kappa shape index (κ2) is 9.27. The number of rotatable bonds is 8. The maximum atomic E-state index is 12.8. The average Bonchev–Trinajstić information content (AvgIpc) is 2.74. The van der Waals surface area contributed by atoms with Gasteiger partial charge in [0.25, 0.3) is 5.56 Å².